The average Bonchev–Trinajstić information content (AvgIpc) is 3.15. The zero-order valence-corrected chi connectivity index (χ0v) is 14.3. The van der Waals surface area contributed by atoms with E-state index in [4.69, 9.17) is 9.47 Å². The molecule has 6 nitrogen and oxygen atoms in total. The number of nitrogens with zero attached hydrogens (tertiary/aromatic N) is 1. The molecule has 0 radical (unpaired) electrons. The second-order valence-corrected chi connectivity index (χ2v) is 6.14. The van der Waals surface area contributed by atoms with E-state index < -0.39 is 6.10 Å². The zero-order chi connectivity index (χ0) is 17.9. The van der Waals surface area contributed by atoms with Crippen LogP contribution in [0.5, 0.6) is 11.5 Å². The Bertz CT molecular complexity index is 907. The lowest BCUT2D eigenvalue weighted by molar-refractivity contribution is -0.133. The molecule has 2 aromatic carbocycles. The van der Waals surface area contributed by atoms with E-state index in [-0.39, 0.29) is 12.0 Å². The van der Waals surface area contributed by atoms with Gasteiger partial charge in [0.25, 0.3) is 5.91 Å². The number of aromatic amines is 1. The van der Waals surface area contributed by atoms with Gasteiger partial charge in [-0.2, -0.15) is 0 Å². The minimum Gasteiger partial charge on any atom is -0.482 e. The largest absolute Gasteiger partial charge is 0.482 e. The van der Waals surface area contributed by atoms with Crippen molar-refractivity contribution < 1.29 is 14.3 Å². The van der Waals surface area contributed by atoms with E-state index >= 15 is 0 Å². The van der Waals surface area contributed by atoms with Gasteiger partial charge in [-0.3, -0.25) is 4.79 Å². The lowest BCUT2D eigenvalue weighted by Gasteiger charge is -2.30. The van der Waals surface area contributed by atoms with Crippen molar-refractivity contribution in [3.8, 4) is 22.8 Å². The number of carbonyl (C=O) groups excluding carboxylic acids is 1. The van der Waals surface area contributed by atoms with Crippen LogP contribution >= 0.6 is 0 Å². The first-order valence-corrected chi connectivity index (χ1v) is 8.50. The zero-order valence-electron chi connectivity index (χ0n) is 14.3. The number of H-pyrrole nitrogens is 1. The van der Waals surface area contributed by atoms with Gasteiger partial charge in [0.05, 0.1) is 18.4 Å². The van der Waals surface area contributed by atoms with Crippen LogP contribution in [0.1, 0.15) is 12.7 Å². The van der Waals surface area contributed by atoms with Gasteiger partial charge in [0.15, 0.2) is 11.5 Å². The fourth-order valence-corrected chi connectivity index (χ4v) is 2.89. The Kier molecular flexibility index (Phi) is 4.31. The molecular weight excluding hydrogens is 330 g/mol. The number of carbonyl (C=O) groups is 1. The molecule has 1 aliphatic heterocycles. The summed E-state index contributed by atoms with van der Waals surface area (Å²) < 4.78 is 11.6. The molecule has 0 fully saturated rings. The average molecular weight is 349 g/mol. The van der Waals surface area contributed by atoms with E-state index in [2.05, 4.69) is 15.3 Å². The summed E-state index contributed by atoms with van der Waals surface area (Å²) >= 11 is 0. The van der Waals surface area contributed by atoms with Gasteiger partial charge in [0.1, 0.15) is 11.9 Å². The highest BCUT2D eigenvalue weighted by molar-refractivity contribution is 5.82. The van der Waals surface area contributed by atoms with Crippen LogP contribution < -0.4 is 14.8 Å². The van der Waals surface area contributed by atoms with Crippen molar-refractivity contribution in [1.82, 2.24) is 15.3 Å². The molecule has 1 aromatic heterocycles. The molecule has 2 heterocycles. The molecule has 1 amide bonds. The van der Waals surface area contributed by atoms with E-state index in [0.717, 1.165) is 11.3 Å². The number of rotatable bonds is 4. The molecule has 0 saturated heterocycles. The number of aromatic nitrogens is 2. The van der Waals surface area contributed by atoms with Gasteiger partial charge < -0.3 is 19.8 Å². The number of benzene rings is 2. The maximum Gasteiger partial charge on any atom is 0.265 e. The van der Waals surface area contributed by atoms with Crippen molar-refractivity contribution in [1.29, 1.82) is 0 Å². The lowest BCUT2D eigenvalue weighted by Crippen LogP contribution is -2.48. The Morgan fingerprint density at radius 1 is 1.08 bits per heavy atom. The van der Waals surface area contributed by atoms with Gasteiger partial charge >= 0.3 is 0 Å². The molecule has 1 aliphatic rings. The number of nitrogens with one attached hydrogen (secondary N) is 2. The normalized spacial score (nSPS) is 18.3. The van der Waals surface area contributed by atoms with Crippen molar-refractivity contribution >= 4 is 5.91 Å². The predicted octanol–water partition coefficient (Wildman–Crippen LogP) is 2.92. The van der Waals surface area contributed by atoms with Crippen LogP contribution in [0.4, 0.5) is 0 Å². The summed E-state index contributed by atoms with van der Waals surface area (Å²) in [6, 6.07) is 17.2. The molecule has 26 heavy (non-hydrogen) atoms. The summed E-state index contributed by atoms with van der Waals surface area (Å²) in [5, 5.41) is 2.86. The van der Waals surface area contributed by atoms with Gasteiger partial charge in [-0.1, -0.05) is 42.5 Å². The van der Waals surface area contributed by atoms with Crippen LogP contribution in [0.3, 0.4) is 0 Å². The van der Waals surface area contributed by atoms with E-state index in [1.807, 2.05) is 55.5 Å². The highest BCUT2D eigenvalue weighted by Crippen LogP contribution is 2.33. The molecule has 2 atom stereocenters. The van der Waals surface area contributed by atoms with Crippen LogP contribution in [0.25, 0.3) is 11.3 Å². The van der Waals surface area contributed by atoms with Gasteiger partial charge in [0.2, 0.25) is 6.10 Å². The van der Waals surface area contributed by atoms with E-state index in [1.54, 1.807) is 12.3 Å². The summed E-state index contributed by atoms with van der Waals surface area (Å²) in [7, 11) is 0. The third-order valence-corrected chi connectivity index (χ3v) is 4.24. The van der Waals surface area contributed by atoms with Crippen LogP contribution in [-0.4, -0.2) is 28.1 Å². The number of imidazole rings is 1. The molecule has 3 aromatic rings. The van der Waals surface area contributed by atoms with Gasteiger partial charge in [-0.05, 0) is 24.6 Å². The first kappa shape index (κ1) is 16.2. The number of hydrogen-bond acceptors (Lipinski definition) is 4. The number of fused-ring (bicyclic) bond motifs is 1. The van der Waals surface area contributed by atoms with Crippen molar-refractivity contribution in [2.45, 2.75) is 25.7 Å². The second kappa shape index (κ2) is 6.92. The Morgan fingerprint density at radius 3 is 2.54 bits per heavy atom. The fourth-order valence-electron chi connectivity index (χ4n) is 2.89. The summed E-state index contributed by atoms with van der Waals surface area (Å²) in [5.41, 5.74) is 1.96. The van der Waals surface area contributed by atoms with E-state index in [9.17, 15) is 4.79 Å². The van der Waals surface area contributed by atoms with Crippen LogP contribution in [0.2, 0.25) is 0 Å². The minimum absolute atomic E-state index is 0.232. The second-order valence-electron chi connectivity index (χ2n) is 6.14. The maximum absolute atomic E-state index is 12.5. The summed E-state index contributed by atoms with van der Waals surface area (Å²) in [4.78, 5) is 20.0. The third-order valence-electron chi connectivity index (χ3n) is 4.24. The van der Waals surface area contributed by atoms with Gasteiger partial charge in [-0.25, -0.2) is 4.98 Å². The Hall–Kier alpha value is -3.28. The van der Waals surface area contributed by atoms with Crippen molar-refractivity contribution in [3.63, 3.8) is 0 Å². The van der Waals surface area contributed by atoms with Crippen molar-refractivity contribution in [2.75, 3.05) is 0 Å². The quantitative estimate of drug-likeness (QED) is 0.759. The predicted molar refractivity (Wildman–Crippen MR) is 96.8 cm³/mol. The summed E-state index contributed by atoms with van der Waals surface area (Å²) in [6.45, 7) is 2.11. The Morgan fingerprint density at radius 2 is 1.77 bits per heavy atom. The monoisotopic (exact) mass is 349 g/mol. The van der Waals surface area contributed by atoms with Gasteiger partial charge in [0, 0.05) is 0 Å². The lowest BCUT2D eigenvalue weighted by atomic mass is 10.1. The minimum atomic E-state index is -0.701. The Balaban J connectivity index is 1.39. The third kappa shape index (κ3) is 3.26. The Labute approximate surface area is 151 Å². The molecule has 0 aliphatic carbocycles. The fraction of sp³-hybridized carbons (Fsp3) is 0.200. The highest BCUT2D eigenvalue weighted by Gasteiger charge is 2.33. The molecule has 0 unspecified atom stereocenters. The summed E-state index contributed by atoms with van der Waals surface area (Å²) in [6.07, 6.45) is 0.686. The standard InChI is InChI=1S/C20H19N3O3/c1-13-19(26-17-10-6-5-9-16(17)25-13)20(24)22-12-18-21-11-15(23-18)14-7-3-2-4-8-14/h2-11,13,19H,12H2,1H3,(H,21,23)(H,22,24)/t13-,19+/m1/s1. The first-order chi connectivity index (χ1) is 12.7. The topological polar surface area (TPSA) is 76.2 Å². The molecule has 6 heteroatoms. The summed E-state index contributed by atoms with van der Waals surface area (Å²) in [5.74, 6) is 1.68. The van der Waals surface area contributed by atoms with E-state index in [1.165, 1.54) is 0 Å². The molecule has 0 bridgehead atoms. The number of para-hydroxylation sites is 2. The van der Waals surface area contributed by atoms with Crippen molar-refractivity contribution in [3.05, 3.63) is 66.6 Å². The van der Waals surface area contributed by atoms with Crippen LogP contribution in [0, 0.1) is 0 Å². The molecule has 132 valence electrons. The number of ether oxygens (including phenoxy) is 2. The molecular formula is C20H19N3O3. The highest BCUT2D eigenvalue weighted by atomic mass is 16.6. The van der Waals surface area contributed by atoms with Crippen LogP contribution in [-0.2, 0) is 11.3 Å². The first-order valence-electron chi connectivity index (χ1n) is 8.50. The smallest absolute Gasteiger partial charge is 0.265 e. The molecule has 0 spiro atoms. The van der Waals surface area contributed by atoms with Gasteiger partial charge in [-0.15, -0.1) is 0 Å². The number of amides is 1. The van der Waals surface area contributed by atoms with Crippen LogP contribution in [0.15, 0.2) is 60.8 Å². The maximum atomic E-state index is 12.5. The molecule has 0 saturated carbocycles. The molecule has 4 rings (SSSR count). The number of hydrogen-bond donors (Lipinski definition) is 2. The molecule has 2 N–H and O–H groups in total. The van der Waals surface area contributed by atoms with Crippen molar-refractivity contribution in [2.24, 2.45) is 0 Å². The SMILES string of the molecule is C[C@H]1Oc2ccccc2O[C@@H]1C(=O)NCc1ncc(-c2ccccc2)[nH]1. The van der Waals surface area contributed by atoms with E-state index in [0.29, 0.717) is 23.9 Å².